The normalized spacial score (nSPS) is 18.2. The van der Waals surface area contributed by atoms with E-state index in [-0.39, 0.29) is 21.6 Å². The summed E-state index contributed by atoms with van der Waals surface area (Å²) in [5, 5.41) is 6.06. The first-order valence-electron chi connectivity index (χ1n) is 8.42. The van der Waals surface area contributed by atoms with Crippen LogP contribution in [-0.4, -0.2) is 48.8 Å². The molecule has 0 unspecified atom stereocenters. The predicted molar refractivity (Wildman–Crippen MR) is 103 cm³/mol. The molecular formula is C16H19N3O5S3. The molecule has 0 aliphatic carbocycles. The highest BCUT2D eigenvalue weighted by atomic mass is 32.2. The zero-order chi connectivity index (χ0) is 19.4. The van der Waals surface area contributed by atoms with Crippen LogP contribution < -0.4 is 5.32 Å². The number of esters is 1. The van der Waals surface area contributed by atoms with Crippen molar-refractivity contribution < 1.29 is 22.7 Å². The number of rotatable bonds is 6. The second kappa shape index (κ2) is 8.46. The summed E-state index contributed by atoms with van der Waals surface area (Å²) in [5.41, 5.74) is 0.115. The second-order valence-corrected chi connectivity index (χ2v) is 9.73. The number of ether oxygens (including phenoxy) is 1. The lowest BCUT2D eigenvalue weighted by Gasteiger charge is -2.32. The summed E-state index contributed by atoms with van der Waals surface area (Å²) in [6.07, 6.45) is 1.91. The van der Waals surface area contributed by atoms with E-state index in [0.717, 1.165) is 29.1 Å². The fraction of sp³-hybridized carbons (Fsp3) is 0.438. The van der Waals surface area contributed by atoms with Crippen molar-refractivity contribution >= 4 is 49.7 Å². The van der Waals surface area contributed by atoms with Crippen molar-refractivity contribution in [1.29, 1.82) is 0 Å². The lowest BCUT2D eigenvalue weighted by Crippen LogP contribution is -2.49. The van der Waals surface area contributed by atoms with Gasteiger partial charge in [0.2, 0.25) is 5.91 Å². The summed E-state index contributed by atoms with van der Waals surface area (Å²) >= 11 is 2.22. The van der Waals surface area contributed by atoms with E-state index in [4.69, 9.17) is 4.74 Å². The van der Waals surface area contributed by atoms with Crippen LogP contribution in [-0.2, 0) is 19.6 Å². The molecule has 0 saturated carbocycles. The van der Waals surface area contributed by atoms with E-state index >= 15 is 0 Å². The molecule has 3 heterocycles. The van der Waals surface area contributed by atoms with Crippen molar-refractivity contribution in [2.45, 2.75) is 36.4 Å². The summed E-state index contributed by atoms with van der Waals surface area (Å²) in [6, 6.07) is 2.40. The van der Waals surface area contributed by atoms with Gasteiger partial charge in [-0.2, -0.15) is 4.31 Å². The number of nitrogens with one attached hydrogen (secondary N) is 1. The van der Waals surface area contributed by atoms with Crippen LogP contribution >= 0.6 is 22.7 Å². The van der Waals surface area contributed by atoms with Crippen molar-refractivity contribution in [2.75, 3.05) is 18.5 Å². The van der Waals surface area contributed by atoms with Crippen LogP contribution in [0.4, 0.5) is 5.13 Å². The van der Waals surface area contributed by atoms with Gasteiger partial charge in [0.25, 0.3) is 10.0 Å². The number of hydrogen-bond acceptors (Lipinski definition) is 8. The van der Waals surface area contributed by atoms with Crippen LogP contribution in [0.15, 0.2) is 27.1 Å². The minimum atomic E-state index is -3.72. The first-order valence-corrected chi connectivity index (χ1v) is 11.6. The molecule has 0 spiro atoms. The Morgan fingerprint density at radius 3 is 2.89 bits per heavy atom. The maximum absolute atomic E-state index is 12.9. The quantitative estimate of drug-likeness (QED) is 0.708. The zero-order valence-electron chi connectivity index (χ0n) is 14.6. The first-order chi connectivity index (χ1) is 12.9. The Morgan fingerprint density at radius 1 is 1.37 bits per heavy atom. The number of nitrogens with zero attached hydrogens (tertiary/aromatic N) is 2. The summed E-state index contributed by atoms with van der Waals surface area (Å²) in [6.45, 7) is 2.22. The third kappa shape index (κ3) is 4.37. The molecule has 1 amide bonds. The van der Waals surface area contributed by atoms with E-state index < -0.39 is 27.9 Å². The van der Waals surface area contributed by atoms with E-state index in [1.165, 1.54) is 15.8 Å². The smallest absolute Gasteiger partial charge is 0.357 e. The van der Waals surface area contributed by atoms with Gasteiger partial charge in [-0.15, -0.1) is 22.7 Å². The average Bonchev–Trinajstić information content (AvgIpc) is 3.34. The Kier molecular flexibility index (Phi) is 6.25. The zero-order valence-corrected chi connectivity index (χ0v) is 17.0. The predicted octanol–water partition coefficient (Wildman–Crippen LogP) is 2.56. The van der Waals surface area contributed by atoms with Crippen molar-refractivity contribution in [3.05, 3.63) is 28.6 Å². The number of carbonyl (C=O) groups excluding carboxylic acids is 2. The van der Waals surface area contributed by atoms with Crippen molar-refractivity contribution in [1.82, 2.24) is 9.29 Å². The lowest BCUT2D eigenvalue weighted by molar-refractivity contribution is -0.120. The fourth-order valence-electron chi connectivity index (χ4n) is 2.80. The van der Waals surface area contributed by atoms with Gasteiger partial charge >= 0.3 is 5.97 Å². The van der Waals surface area contributed by atoms with Crippen LogP contribution in [0.3, 0.4) is 0 Å². The molecule has 1 atom stereocenters. The highest BCUT2D eigenvalue weighted by molar-refractivity contribution is 7.91. The van der Waals surface area contributed by atoms with E-state index in [0.29, 0.717) is 19.4 Å². The number of aromatic nitrogens is 1. The van der Waals surface area contributed by atoms with Crippen LogP contribution in [0, 0.1) is 0 Å². The topological polar surface area (TPSA) is 106 Å². The number of piperidine rings is 1. The maximum atomic E-state index is 12.9. The van der Waals surface area contributed by atoms with E-state index in [1.807, 2.05) is 0 Å². The van der Waals surface area contributed by atoms with Gasteiger partial charge in [-0.05, 0) is 31.2 Å². The van der Waals surface area contributed by atoms with Crippen LogP contribution in [0.2, 0.25) is 0 Å². The minimum Gasteiger partial charge on any atom is -0.461 e. The largest absolute Gasteiger partial charge is 0.461 e. The van der Waals surface area contributed by atoms with Gasteiger partial charge in [0, 0.05) is 11.9 Å². The summed E-state index contributed by atoms with van der Waals surface area (Å²) in [4.78, 5) is 28.5. The molecule has 1 N–H and O–H groups in total. The number of sulfonamides is 1. The van der Waals surface area contributed by atoms with Crippen LogP contribution in [0.1, 0.15) is 36.7 Å². The van der Waals surface area contributed by atoms with Crippen molar-refractivity contribution in [3.8, 4) is 0 Å². The van der Waals surface area contributed by atoms with E-state index in [1.54, 1.807) is 18.4 Å². The SMILES string of the molecule is CCOC(=O)c1csc(NC(=O)[C@@H]2CCCCN2S(=O)(=O)c2cccs2)n1. The fourth-order valence-corrected chi connectivity index (χ4v) is 6.26. The Labute approximate surface area is 165 Å². The third-order valence-corrected chi connectivity index (χ3v) is 8.07. The molecule has 1 fully saturated rings. The Hall–Kier alpha value is -1.82. The minimum absolute atomic E-state index is 0.115. The van der Waals surface area contributed by atoms with Gasteiger partial charge in [-0.1, -0.05) is 12.5 Å². The molecule has 146 valence electrons. The molecule has 0 radical (unpaired) electrons. The van der Waals surface area contributed by atoms with Gasteiger partial charge in [0.05, 0.1) is 6.61 Å². The van der Waals surface area contributed by atoms with Gasteiger partial charge < -0.3 is 10.1 Å². The van der Waals surface area contributed by atoms with E-state index in [2.05, 4.69) is 10.3 Å². The van der Waals surface area contributed by atoms with Gasteiger partial charge in [0.15, 0.2) is 10.8 Å². The number of anilines is 1. The lowest BCUT2D eigenvalue weighted by atomic mass is 10.0. The molecule has 0 aromatic carbocycles. The molecule has 11 heteroatoms. The Morgan fingerprint density at radius 2 is 2.19 bits per heavy atom. The molecule has 1 saturated heterocycles. The Balaban J connectivity index is 1.75. The monoisotopic (exact) mass is 429 g/mol. The summed E-state index contributed by atoms with van der Waals surface area (Å²) in [5.74, 6) is -1.01. The van der Waals surface area contributed by atoms with Gasteiger partial charge in [-0.25, -0.2) is 18.2 Å². The van der Waals surface area contributed by atoms with Gasteiger partial charge in [-0.3, -0.25) is 4.79 Å². The average molecular weight is 430 g/mol. The second-order valence-electron chi connectivity index (χ2n) is 5.81. The molecule has 2 aromatic rings. The molecule has 27 heavy (non-hydrogen) atoms. The number of hydrogen-bond donors (Lipinski definition) is 1. The van der Waals surface area contributed by atoms with Crippen molar-refractivity contribution in [3.63, 3.8) is 0 Å². The molecule has 1 aliphatic rings. The molecule has 1 aliphatic heterocycles. The van der Waals surface area contributed by atoms with Gasteiger partial charge in [0.1, 0.15) is 10.3 Å². The van der Waals surface area contributed by atoms with E-state index in [9.17, 15) is 18.0 Å². The Bertz CT molecular complexity index is 908. The number of amides is 1. The highest BCUT2D eigenvalue weighted by Gasteiger charge is 2.38. The van der Waals surface area contributed by atoms with Crippen molar-refractivity contribution in [2.24, 2.45) is 0 Å². The molecule has 3 rings (SSSR count). The maximum Gasteiger partial charge on any atom is 0.357 e. The third-order valence-electron chi connectivity index (χ3n) is 4.03. The van der Waals surface area contributed by atoms with Crippen LogP contribution in [0.25, 0.3) is 0 Å². The highest BCUT2D eigenvalue weighted by Crippen LogP contribution is 2.29. The first kappa shape index (κ1) is 19.9. The number of carbonyl (C=O) groups is 2. The molecule has 8 nitrogen and oxygen atoms in total. The molecule has 2 aromatic heterocycles. The number of thiophene rings is 1. The standard InChI is InChI=1S/C16H19N3O5S3/c1-2-24-15(21)11-10-26-16(17-11)18-14(20)12-6-3-4-8-19(12)27(22,23)13-7-5-9-25-13/h5,7,9-10,12H,2-4,6,8H2,1H3,(H,17,18,20)/t12-/m0/s1. The van der Waals surface area contributed by atoms with Crippen LogP contribution in [0.5, 0.6) is 0 Å². The number of thiazole rings is 1. The molecule has 0 bridgehead atoms. The summed E-state index contributed by atoms with van der Waals surface area (Å²) < 4.78 is 32.1. The summed E-state index contributed by atoms with van der Waals surface area (Å²) in [7, 11) is -3.72. The molecular weight excluding hydrogens is 410 g/mol.